The zero-order valence-corrected chi connectivity index (χ0v) is 15.8. The number of likely N-dealkylation sites (N-methyl/N-ethyl adjacent to an activating group) is 1. The standard InChI is InChI=1S/C18H22FN3O3S/c1-12-5-4-6-13(2)22(12)18(23)17-11-16(20-26(24,25)21(17)3)14-7-9-15(19)10-8-14/h7-13H,4-6H2,1-3H3/t12-,13-/m1/s1. The number of halogens is 1. The number of allylic oxidation sites excluding steroid dienone is 1. The van der Waals surface area contributed by atoms with Crippen molar-refractivity contribution < 1.29 is 17.6 Å². The first-order chi connectivity index (χ1) is 12.2. The second kappa shape index (κ2) is 6.83. The Morgan fingerprint density at radius 2 is 1.73 bits per heavy atom. The fourth-order valence-electron chi connectivity index (χ4n) is 3.46. The van der Waals surface area contributed by atoms with Gasteiger partial charge in [0.25, 0.3) is 5.91 Å². The van der Waals surface area contributed by atoms with Crippen molar-refractivity contribution in [1.29, 1.82) is 0 Å². The Labute approximate surface area is 153 Å². The zero-order valence-electron chi connectivity index (χ0n) is 15.0. The molecular formula is C18H22FN3O3S. The predicted octanol–water partition coefficient (Wildman–Crippen LogP) is 2.48. The van der Waals surface area contributed by atoms with E-state index in [-0.39, 0.29) is 29.4 Å². The van der Waals surface area contributed by atoms with Crippen LogP contribution in [-0.4, -0.2) is 48.4 Å². The summed E-state index contributed by atoms with van der Waals surface area (Å²) in [5.41, 5.74) is 0.622. The largest absolute Gasteiger partial charge is 0.345 e. The highest BCUT2D eigenvalue weighted by molar-refractivity contribution is 7.88. The maximum absolute atomic E-state index is 13.2. The lowest BCUT2D eigenvalue weighted by atomic mass is 9.97. The zero-order chi connectivity index (χ0) is 19.1. The highest BCUT2D eigenvalue weighted by Crippen LogP contribution is 2.28. The Morgan fingerprint density at radius 1 is 1.15 bits per heavy atom. The molecule has 1 aromatic rings. The van der Waals surface area contributed by atoms with Gasteiger partial charge in [0.15, 0.2) is 0 Å². The lowest BCUT2D eigenvalue weighted by Crippen LogP contribution is -2.50. The quantitative estimate of drug-likeness (QED) is 0.793. The van der Waals surface area contributed by atoms with E-state index in [2.05, 4.69) is 4.40 Å². The van der Waals surface area contributed by atoms with E-state index in [9.17, 15) is 17.6 Å². The molecule has 0 N–H and O–H groups in total. The molecule has 2 heterocycles. The van der Waals surface area contributed by atoms with E-state index in [1.165, 1.54) is 37.4 Å². The molecule has 26 heavy (non-hydrogen) atoms. The van der Waals surface area contributed by atoms with Crippen LogP contribution in [0.25, 0.3) is 0 Å². The summed E-state index contributed by atoms with van der Waals surface area (Å²) in [6.45, 7) is 3.95. The molecule has 1 amide bonds. The van der Waals surface area contributed by atoms with Gasteiger partial charge >= 0.3 is 10.2 Å². The average molecular weight is 379 g/mol. The smallest absolute Gasteiger partial charge is 0.332 e. The number of likely N-dealkylation sites (tertiary alicyclic amines) is 1. The number of piperidine rings is 1. The molecule has 0 radical (unpaired) electrons. The molecule has 2 aliphatic rings. The van der Waals surface area contributed by atoms with E-state index in [0.29, 0.717) is 5.56 Å². The molecule has 2 aliphatic heterocycles. The molecule has 6 nitrogen and oxygen atoms in total. The van der Waals surface area contributed by atoms with Gasteiger partial charge in [0, 0.05) is 24.7 Å². The highest BCUT2D eigenvalue weighted by Gasteiger charge is 2.36. The van der Waals surface area contributed by atoms with Gasteiger partial charge in [0.05, 0.1) is 5.71 Å². The molecule has 0 spiro atoms. The summed E-state index contributed by atoms with van der Waals surface area (Å²) in [7, 11) is -2.70. The summed E-state index contributed by atoms with van der Waals surface area (Å²) >= 11 is 0. The minimum absolute atomic E-state index is 0.0383. The van der Waals surface area contributed by atoms with Gasteiger partial charge in [-0.2, -0.15) is 8.42 Å². The van der Waals surface area contributed by atoms with Crippen LogP contribution in [0.3, 0.4) is 0 Å². The first-order valence-electron chi connectivity index (χ1n) is 8.60. The summed E-state index contributed by atoms with van der Waals surface area (Å²) in [6, 6.07) is 5.42. The molecule has 3 rings (SSSR count). The van der Waals surface area contributed by atoms with Crippen LogP contribution in [0.2, 0.25) is 0 Å². The number of nitrogens with zero attached hydrogens (tertiary/aromatic N) is 3. The topological polar surface area (TPSA) is 70.0 Å². The van der Waals surface area contributed by atoms with Crippen molar-refractivity contribution in [2.75, 3.05) is 7.05 Å². The molecule has 1 fully saturated rings. The average Bonchev–Trinajstić information content (AvgIpc) is 2.57. The third-order valence-electron chi connectivity index (χ3n) is 4.96. The molecule has 140 valence electrons. The van der Waals surface area contributed by atoms with E-state index < -0.39 is 16.0 Å². The monoisotopic (exact) mass is 379 g/mol. The molecule has 0 aromatic heterocycles. The Kier molecular flexibility index (Phi) is 4.88. The van der Waals surface area contributed by atoms with Gasteiger partial charge in [0.1, 0.15) is 11.5 Å². The van der Waals surface area contributed by atoms with Gasteiger partial charge in [0.2, 0.25) is 0 Å². The Hall–Kier alpha value is -2.22. The molecule has 0 bridgehead atoms. The van der Waals surface area contributed by atoms with Crippen LogP contribution in [-0.2, 0) is 15.0 Å². The number of benzene rings is 1. The first kappa shape index (κ1) is 18.6. The lowest BCUT2D eigenvalue weighted by molar-refractivity contribution is -0.134. The Morgan fingerprint density at radius 3 is 2.31 bits per heavy atom. The van der Waals surface area contributed by atoms with Crippen molar-refractivity contribution in [3.63, 3.8) is 0 Å². The summed E-state index contributed by atoms with van der Waals surface area (Å²) in [6.07, 6.45) is 4.28. The number of rotatable bonds is 2. The molecule has 1 aromatic carbocycles. The Bertz CT molecular complexity index is 867. The molecular weight excluding hydrogens is 357 g/mol. The van der Waals surface area contributed by atoms with Gasteiger partial charge in [-0.15, -0.1) is 4.40 Å². The molecule has 0 unspecified atom stereocenters. The maximum Gasteiger partial charge on any atom is 0.345 e. The SMILES string of the molecule is C[C@@H]1CCC[C@@H](C)N1C(=O)C1=CC(c2ccc(F)cc2)=NS(=O)(=O)N1C. The van der Waals surface area contributed by atoms with E-state index >= 15 is 0 Å². The second-order valence-corrected chi connectivity index (χ2v) is 8.43. The minimum atomic E-state index is -4.02. The molecule has 2 atom stereocenters. The third kappa shape index (κ3) is 3.38. The molecule has 0 saturated carbocycles. The van der Waals surface area contributed by atoms with Gasteiger partial charge < -0.3 is 4.90 Å². The van der Waals surface area contributed by atoms with Crippen molar-refractivity contribution in [2.24, 2.45) is 4.40 Å². The Balaban J connectivity index is 2.03. The molecule has 8 heteroatoms. The van der Waals surface area contributed by atoms with Crippen LogP contribution in [0, 0.1) is 5.82 Å². The van der Waals surface area contributed by atoms with Crippen LogP contribution >= 0.6 is 0 Å². The normalized spacial score (nSPS) is 25.5. The van der Waals surface area contributed by atoms with Crippen LogP contribution in [0.5, 0.6) is 0 Å². The lowest BCUT2D eigenvalue weighted by Gasteiger charge is -2.40. The first-order valence-corrected chi connectivity index (χ1v) is 9.99. The third-order valence-corrected chi connectivity index (χ3v) is 6.28. The predicted molar refractivity (Wildman–Crippen MR) is 97.3 cm³/mol. The number of carbonyl (C=O) groups is 1. The summed E-state index contributed by atoms with van der Waals surface area (Å²) in [5, 5.41) is 0. The highest BCUT2D eigenvalue weighted by atomic mass is 32.2. The van der Waals surface area contributed by atoms with Gasteiger partial charge in [-0.05, 0) is 63.5 Å². The van der Waals surface area contributed by atoms with E-state index in [1.54, 1.807) is 4.90 Å². The number of hydrogen-bond donors (Lipinski definition) is 0. The van der Waals surface area contributed by atoms with Crippen molar-refractivity contribution in [2.45, 2.75) is 45.2 Å². The van der Waals surface area contributed by atoms with E-state index in [0.717, 1.165) is 23.6 Å². The maximum atomic E-state index is 13.2. The molecule has 1 saturated heterocycles. The summed E-state index contributed by atoms with van der Waals surface area (Å²) in [4.78, 5) is 14.9. The molecule has 0 aliphatic carbocycles. The minimum Gasteiger partial charge on any atom is -0.332 e. The van der Waals surface area contributed by atoms with Crippen molar-refractivity contribution >= 4 is 21.8 Å². The number of amides is 1. The van der Waals surface area contributed by atoms with Crippen LogP contribution in [0.15, 0.2) is 40.4 Å². The van der Waals surface area contributed by atoms with Crippen LogP contribution in [0.4, 0.5) is 4.39 Å². The van der Waals surface area contributed by atoms with Crippen molar-refractivity contribution in [3.8, 4) is 0 Å². The van der Waals surface area contributed by atoms with E-state index in [1.807, 2.05) is 13.8 Å². The fourth-order valence-corrected chi connectivity index (χ4v) is 4.37. The van der Waals surface area contributed by atoms with Gasteiger partial charge in [-0.1, -0.05) is 0 Å². The van der Waals surface area contributed by atoms with E-state index in [4.69, 9.17) is 0 Å². The second-order valence-electron chi connectivity index (χ2n) is 6.80. The summed E-state index contributed by atoms with van der Waals surface area (Å²) in [5.74, 6) is -0.758. The van der Waals surface area contributed by atoms with Gasteiger partial charge in [-0.25, -0.2) is 8.70 Å². The van der Waals surface area contributed by atoms with Crippen LogP contribution in [0.1, 0.15) is 38.7 Å². The summed E-state index contributed by atoms with van der Waals surface area (Å²) < 4.78 is 42.7. The van der Waals surface area contributed by atoms with Crippen molar-refractivity contribution in [3.05, 3.63) is 47.4 Å². The fraction of sp³-hybridized carbons (Fsp3) is 0.444. The van der Waals surface area contributed by atoms with Crippen molar-refractivity contribution in [1.82, 2.24) is 9.21 Å². The van der Waals surface area contributed by atoms with Crippen LogP contribution < -0.4 is 0 Å². The number of hydrogen-bond acceptors (Lipinski definition) is 3. The van der Waals surface area contributed by atoms with Gasteiger partial charge in [-0.3, -0.25) is 4.79 Å². The number of carbonyl (C=O) groups excluding carboxylic acids is 1.